The van der Waals surface area contributed by atoms with Gasteiger partial charge in [0.2, 0.25) is 0 Å². The summed E-state index contributed by atoms with van der Waals surface area (Å²) < 4.78 is 7.13. The van der Waals surface area contributed by atoms with Crippen molar-refractivity contribution in [1.82, 2.24) is 14.9 Å². The van der Waals surface area contributed by atoms with E-state index in [9.17, 15) is 9.59 Å². The lowest BCUT2D eigenvalue weighted by Gasteiger charge is -2.09. The van der Waals surface area contributed by atoms with E-state index >= 15 is 0 Å². The molecule has 0 spiro atoms. The third kappa shape index (κ3) is 3.34. The first-order valence-electron chi connectivity index (χ1n) is 7.73. The summed E-state index contributed by atoms with van der Waals surface area (Å²) >= 11 is 0. The number of carbonyl (C=O) groups excluding carboxylic acids is 1. The van der Waals surface area contributed by atoms with Crippen molar-refractivity contribution in [1.29, 1.82) is 0 Å². The Morgan fingerprint density at radius 1 is 1.43 bits per heavy atom. The maximum Gasteiger partial charge on any atom is 0.261 e. The lowest BCUT2D eigenvalue weighted by Crippen LogP contribution is -2.30. The lowest BCUT2D eigenvalue weighted by molar-refractivity contribution is -0.123. The minimum Gasteiger partial charge on any atom is -0.484 e. The van der Waals surface area contributed by atoms with E-state index in [0.29, 0.717) is 36.2 Å². The zero-order valence-electron chi connectivity index (χ0n) is 12.7. The fraction of sp³-hybridized carbons (Fsp3) is 0.438. The molecule has 1 aromatic heterocycles. The van der Waals surface area contributed by atoms with Crippen LogP contribution >= 0.6 is 0 Å². The first-order chi connectivity index (χ1) is 11.2. The van der Waals surface area contributed by atoms with Gasteiger partial charge < -0.3 is 15.2 Å². The molecule has 7 nitrogen and oxygen atoms in total. The van der Waals surface area contributed by atoms with Crippen LogP contribution in [-0.4, -0.2) is 40.3 Å². The Hall–Kier alpha value is -2.41. The number of aryl methyl sites for hydroxylation is 1. The van der Waals surface area contributed by atoms with Crippen molar-refractivity contribution in [3.05, 3.63) is 34.4 Å². The summed E-state index contributed by atoms with van der Waals surface area (Å²) in [6, 6.07) is 5.09. The number of nitrogens with zero attached hydrogens (tertiary/aromatic N) is 2. The van der Waals surface area contributed by atoms with Crippen LogP contribution < -0.4 is 15.6 Å². The number of fused-ring (bicyclic) bond motifs is 2. The van der Waals surface area contributed by atoms with Crippen LogP contribution in [0.15, 0.2) is 23.0 Å². The van der Waals surface area contributed by atoms with Crippen LogP contribution in [-0.2, 0) is 17.8 Å². The molecule has 1 aliphatic heterocycles. The van der Waals surface area contributed by atoms with E-state index < -0.39 is 0 Å². The highest BCUT2D eigenvalue weighted by atomic mass is 16.5. The normalized spacial score (nSPS) is 13.1. The van der Waals surface area contributed by atoms with Gasteiger partial charge in [0, 0.05) is 26.1 Å². The molecule has 0 saturated carbocycles. The van der Waals surface area contributed by atoms with Crippen LogP contribution in [0, 0.1) is 0 Å². The van der Waals surface area contributed by atoms with Gasteiger partial charge in [-0.05, 0) is 31.0 Å². The largest absolute Gasteiger partial charge is 0.484 e. The summed E-state index contributed by atoms with van der Waals surface area (Å²) in [6.45, 7) is 1.02. The average molecular weight is 317 g/mol. The minimum atomic E-state index is -0.262. The average Bonchev–Trinajstić information content (AvgIpc) is 3.02. The molecular formula is C16H19N3O4. The minimum absolute atomic E-state index is 0.0348. The molecule has 0 saturated heterocycles. The zero-order valence-corrected chi connectivity index (χ0v) is 12.7. The van der Waals surface area contributed by atoms with Gasteiger partial charge in [0.1, 0.15) is 11.6 Å². The van der Waals surface area contributed by atoms with Gasteiger partial charge in [-0.2, -0.15) is 0 Å². The Balaban J connectivity index is 1.73. The molecule has 0 aliphatic carbocycles. The van der Waals surface area contributed by atoms with Gasteiger partial charge in [0.05, 0.1) is 10.9 Å². The Labute approximate surface area is 132 Å². The summed E-state index contributed by atoms with van der Waals surface area (Å²) in [4.78, 5) is 28.5. The molecular weight excluding hydrogens is 298 g/mol. The second-order valence-corrected chi connectivity index (χ2v) is 5.48. The highest BCUT2D eigenvalue weighted by molar-refractivity contribution is 5.80. The van der Waals surface area contributed by atoms with Gasteiger partial charge >= 0.3 is 0 Å². The number of rotatable bonds is 6. The smallest absolute Gasteiger partial charge is 0.261 e. The van der Waals surface area contributed by atoms with Crippen LogP contribution in [0.1, 0.15) is 18.7 Å². The van der Waals surface area contributed by atoms with Crippen LogP contribution in [0.25, 0.3) is 10.9 Å². The third-order valence-corrected chi connectivity index (χ3v) is 3.81. The number of aromatic nitrogens is 2. The Morgan fingerprint density at radius 3 is 3.13 bits per heavy atom. The zero-order chi connectivity index (χ0) is 16.2. The van der Waals surface area contributed by atoms with Gasteiger partial charge in [-0.25, -0.2) is 4.98 Å². The first kappa shape index (κ1) is 15.5. The number of aliphatic hydroxyl groups is 1. The number of nitrogens with one attached hydrogen (secondary N) is 1. The lowest BCUT2D eigenvalue weighted by atomic mass is 10.2. The van der Waals surface area contributed by atoms with Crippen molar-refractivity contribution < 1.29 is 14.6 Å². The molecule has 2 N–H and O–H groups in total. The summed E-state index contributed by atoms with van der Waals surface area (Å²) in [5.41, 5.74) is 0.600. The second kappa shape index (κ2) is 6.78. The number of benzene rings is 1. The Bertz CT molecular complexity index is 785. The quantitative estimate of drug-likeness (QED) is 0.744. The third-order valence-electron chi connectivity index (χ3n) is 3.81. The molecule has 0 unspecified atom stereocenters. The van der Waals surface area contributed by atoms with Crippen molar-refractivity contribution in [3.8, 4) is 5.75 Å². The fourth-order valence-electron chi connectivity index (χ4n) is 2.66. The standard InChI is InChI=1S/C16H19N3O4/c20-8-2-6-17-15(21)10-23-11-4-5-13-12(9-11)16(22)19-7-1-3-14(19)18-13/h4-5,9,20H,1-3,6-8,10H2,(H,17,21). The van der Waals surface area contributed by atoms with Crippen LogP contribution in [0.2, 0.25) is 0 Å². The molecule has 2 aromatic rings. The SMILES string of the molecule is O=C(COc1ccc2nc3n(c(=O)c2c1)CCC3)NCCCO. The Kier molecular flexibility index (Phi) is 4.57. The van der Waals surface area contributed by atoms with E-state index in [1.807, 2.05) is 0 Å². The van der Waals surface area contributed by atoms with Crippen LogP contribution in [0.5, 0.6) is 5.75 Å². The number of aliphatic hydroxyl groups excluding tert-OH is 1. The molecule has 1 aliphatic rings. The molecule has 0 atom stereocenters. The number of ether oxygens (including phenoxy) is 1. The fourth-order valence-corrected chi connectivity index (χ4v) is 2.66. The van der Waals surface area contributed by atoms with Gasteiger partial charge in [-0.3, -0.25) is 14.2 Å². The molecule has 1 aromatic carbocycles. The molecule has 7 heteroatoms. The number of hydrogen-bond acceptors (Lipinski definition) is 5. The summed E-state index contributed by atoms with van der Waals surface area (Å²) in [6.07, 6.45) is 2.28. The Morgan fingerprint density at radius 2 is 2.30 bits per heavy atom. The molecule has 23 heavy (non-hydrogen) atoms. The molecule has 0 fully saturated rings. The number of amides is 1. The molecule has 0 bridgehead atoms. The summed E-state index contributed by atoms with van der Waals surface area (Å²) in [5, 5.41) is 11.8. The van der Waals surface area contributed by atoms with Crippen LogP contribution in [0.3, 0.4) is 0 Å². The van der Waals surface area contributed by atoms with Crippen molar-refractivity contribution >= 4 is 16.8 Å². The maximum absolute atomic E-state index is 12.4. The van der Waals surface area contributed by atoms with E-state index in [4.69, 9.17) is 9.84 Å². The maximum atomic E-state index is 12.4. The highest BCUT2D eigenvalue weighted by Crippen LogP contribution is 2.19. The molecule has 1 amide bonds. The van der Waals surface area contributed by atoms with Crippen molar-refractivity contribution in [2.75, 3.05) is 19.8 Å². The van der Waals surface area contributed by atoms with E-state index in [1.165, 1.54) is 0 Å². The van der Waals surface area contributed by atoms with E-state index in [-0.39, 0.29) is 24.7 Å². The van der Waals surface area contributed by atoms with Crippen molar-refractivity contribution in [2.24, 2.45) is 0 Å². The molecule has 0 radical (unpaired) electrons. The predicted octanol–water partition coefficient (Wildman–Crippen LogP) is 0.220. The number of hydrogen-bond donors (Lipinski definition) is 2. The number of carbonyl (C=O) groups is 1. The molecule has 122 valence electrons. The van der Waals surface area contributed by atoms with Crippen LogP contribution in [0.4, 0.5) is 0 Å². The van der Waals surface area contributed by atoms with Crippen molar-refractivity contribution in [2.45, 2.75) is 25.8 Å². The van der Waals surface area contributed by atoms with Gasteiger partial charge in [-0.15, -0.1) is 0 Å². The summed E-state index contributed by atoms with van der Waals surface area (Å²) in [7, 11) is 0. The van der Waals surface area contributed by atoms with E-state index in [0.717, 1.165) is 18.7 Å². The monoisotopic (exact) mass is 317 g/mol. The van der Waals surface area contributed by atoms with Crippen molar-refractivity contribution in [3.63, 3.8) is 0 Å². The molecule has 3 rings (SSSR count). The highest BCUT2D eigenvalue weighted by Gasteiger charge is 2.16. The predicted molar refractivity (Wildman–Crippen MR) is 84.5 cm³/mol. The first-order valence-corrected chi connectivity index (χ1v) is 7.73. The van der Waals surface area contributed by atoms with E-state index in [1.54, 1.807) is 22.8 Å². The van der Waals surface area contributed by atoms with Gasteiger partial charge in [-0.1, -0.05) is 0 Å². The second-order valence-electron chi connectivity index (χ2n) is 5.48. The topological polar surface area (TPSA) is 93.5 Å². The van der Waals surface area contributed by atoms with E-state index in [2.05, 4.69) is 10.3 Å². The summed E-state index contributed by atoms with van der Waals surface area (Å²) in [5.74, 6) is 1.04. The molecule has 2 heterocycles. The van der Waals surface area contributed by atoms with Gasteiger partial charge in [0.25, 0.3) is 11.5 Å². The van der Waals surface area contributed by atoms with Gasteiger partial charge in [0.15, 0.2) is 6.61 Å².